The van der Waals surface area contributed by atoms with Gasteiger partial charge in [0.15, 0.2) is 0 Å². The summed E-state index contributed by atoms with van der Waals surface area (Å²) in [4.78, 5) is 2.19. The lowest BCUT2D eigenvalue weighted by Crippen LogP contribution is -2.15. The van der Waals surface area contributed by atoms with E-state index in [0.717, 1.165) is 6.54 Å². The monoisotopic (exact) mass is 164 g/mol. The zero-order chi connectivity index (χ0) is 8.97. The molecule has 0 amide bonds. The number of nitrogens with zero attached hydrogens (tertiary/aromatic N) is 1. The number of hydrogen-bond acceptors (Lipinski definition) is 2. The van der Waals surface area contributed by atoms with Crippen molar-refractivity contribution in [1.82, 2.24) is 0 Å². The van der Waals surface area contributed by atoms with Crippen molar-refractivity contribution in [2.24, 2.45) is 5.73 Å². The molecular formula is C10H16N2. The summed E-state index contributed by atoms with van der Waals surface area (Å²) in [6.07, 6.45) is 0. The third-order valence-corrected chi connectivity index (χ3v) is 2.06. The Hall–Kier alpha value is -1.02. The molecule has 0 aliphatic rings. The maximum Gasteiger partial charge on any atom is 0.0366 e. The van der Waals surface area contributed by atoms with Crippen LogP contribution in [-0.2, 0) is 6.54 Å². The van der Waals surface area contributed by atoms with Crippen molar-refractivity contribution in [3.05, 3.63) is 29.8 Å². The first-order valence-corrected chi connectivity index (χ1v) is 4.28. The second-order valence-electron chi connectivity index (χ2n) is 2.89. The van der Waals surface area contributed by atoms with Gasteiger partial charge in [0.2, 0.25) is 0 Å². The molecule has 1 aromatic carbocycles. The summed E-state index contributed by atoms with van der Waals surface area (Å²) >= 11 is 0. The fourth-order valence-electron chi connectivity index (χ4n) is 1.10. The van der Waals surface area contributed by atoms with Gasteiger partial charge in [-0.3, -0.25) is 0 Å². The molecule has 0 aliphatic heterocycles. The van der Waals surface area contributed by atoms with Crippen molar-refractivity contribution in [2.75, 3.05) is 18.5 Å². The van der Waals surface area contributed by atoms with Crippen LogP contribution in [0.1, 0.15) is 12.5 Å². The number of anilines is 1. The minimum atomic E-state index is 0.616. The highest BCUT2D eigenvalue weighted by molar-refractivity contribution is 5.47. The zero-order valence-electron chi connectivity index (χ0n) is 7.75. The molecule has 66 valence electrons. The molecule has 0 fully saturated rings. The first-order chi connectivity index (χ1) is 5.77. The molecule has 0 saturated heterocycles. The summed E-state index contributed by atoms with van der Waals surface area (Å²) in [7, 11) is 2.08. The fraction of sp³-hybridized carbons (Fsp3) is 0.400. The van der Waals surface area contributed by atoms with Crippen LogP contribution < -0.4 is 10.6 Å². The van der Waals surface area contributed by atoms with Gasteiger partial charge in [0.05, 0.1) is 0 Å². The normalized spacial score (nSPS) is 9.92. The molecule has 2 nitrogen and oxygen atoms in total. The van der Waals surface area contributed by atoms with Gasteiger partial charge in [0.1, 0.15) is 0 Å². The van der Waals surface area contributed by atoms with Gasteiger partial charge in [0.25, 0.3) is 0 Å². The quantitative estimate of drug-likeness (QED) is 0.735. The van der Waals surface area contributed by atoms with Gasteiger partial charge in [-0.2, -0.15) is 0 Å². The molecule has 0 unspecified atom stereocenters. The SMILES string of the molecule is CCN(C)c1cccc(CN)c1. The minimum absolute atomic E-state index is 0.616. The van der Waals surface area contributed by atoms with Crippen molar-refractivity contribution in [2.45, 2.75) is 13.5 Å². The van der Waals surface area contributed by atoms with E-state index in [2.05, 4.69) is 31.0 Å². The Morgan fingerprint density at radius 1 is 1.42 bits per heavy atom. The largest absolute Gasteiger partial charge is 0.375 e. The summed E-state index contributed by atoms with van der Waals surface area (Å²) in [5.41, 5.74) is 7.97. The highest BCUT2D eigenvalue weighted by Gasteiger charge is 1.97. The van der Waals surface area contributed by atoms with Gasteiger partial charge in [-0.1, -0.05) is 12.1 Å². The fourth-order valence-corrected chi connectivity index (χ4v) is 1.10. The lowest BCUT2D eigenvalue weighted by Gasteiger charge is -2.17. The first-order valence-electron chi connectivity index (χ1n) is 4.28. The topological polar surface area (TPSA) is 29.3 Å². The predicted molar refractivity (Wildman–Crippen MR) is 53.3 cm³/mol. The van der Waals surface area contributed by atoms with Crippen molar-refractivity contribution in [1.29, 1.82) is 0 Å². The molecule has 2 heteroatoms. The van der Waals surface area contributed by atoms with E-state index in [0.29, 0.717) is 6.54 Å². The molecule has 1 aromatic rings. The van der Waals surface area contributed by atoms with E-state index in [-0.39, 0.29) is 0 Å². The van der Waals surface area contributed by atoms with Crippen LogP contribution in [0.4, 0.5) is 5.69 Å². The van der Waals surface area contributed by atoms with E-state index >= 15 is 0 Å². The second kappa shape index (κ2) is 4.12. The van der Waals surface area contributed by atoms with E-state index in [1.165, 1.54) is 11.3 Å². The van der Waals surface area contributed by atoms with E-state index in [1.54, 1.807) is 0 Å². The van der Waals surface area contributed by atoms with Crippen LogP contribution in [0.5, 0.6) is 0 Å². The first kappa shape index (κ1) is 9.07. The molecule has 0 spiro atoms. The molecule has 2 N–H and O–H groups in total. The van der Waals surface area contributed by atoms with Gasteiger partial charge >= 0.3 is 0 Å². The summed E-state index contributed by atoms with van der Waals surface area (Å²) in [6.45, 7) is 3.77. The van der Waals surface area contributed by atoms with E-state index in [9.17, 15) is 0 Å². The second-order valence-corrected chi connectivity index (χ2v) is 2.89. The maximum atomic E-state index is 5.54. The van der Waals surface area contributed by atoms with Gasteiger partial charge in [-0.25, -0.2) is 0 Å². The smallest absolute Gasteiger partial charge is 0.0366 e. The van der Waals surface area contributed by atoms with Crippen molar-refractivity contribution in [3.8, 4) is 0 Å². The number of benzene rings is 1. The molecule has 12 heavy (non-hydrogen) atoms. The third-order valence-electron chi connectivity index (χ3n) is 2.06. The van der Waals surface area contributed by atoms with Gasteiger partial charge < -0.3 is 10.6 Å². The van der Waals surface area contributed by atoms with Crippen LogP contribution in [-0.4, -0.2) is 13.6 Å². The van der Waals surface area contributed by atoms with Crippen LogP contribution in [0, 0.1) is 0 Å². The third kappa shape index (κ3) is 1.98. The van der Waals surface area contributed by atoms with Crippen LogP contribution in [0.2, 0.25) is 0 Å². The number of hydrogen-bond donors (Lipinski definition) is 1. The average molecular weight is 164 g/mol. The van der Waals surface area contributed by atoms with Crippen LogP contribution in [0.25, 0.3) is 0 Å². The molecule has 0 aliphatic carbocycles. The lowest BCUT2D eigenvalue weighted by molar-refractivity contribution is 0.961. The molecular weight excluding hydrogens is 148 g/mol. The van der Waals surface area contributed by atoms with Crippen molar-refractivity contribution >= 4 is 5.69 Å². The van der Waals surface area contributed by atoms with Crippen LogP contribution >= 0.6 is 0 Å². The molecule has 0 bridgehead atoms. The molecule has 0 aromatic heterocycles. The van der Waals surface area contributed by atoms with Gasteiger partial charge in [0, 0.05) is 25.8 Å². The molecule has 0 saturated carbocycles. The number of rotatable bonds is 3. The van der Waals surface area contributed by atoms with E-state index in [4.69, 9.17) is 5.73 Å². The average Bonchev–Trinajstić information content (AvgIpc) is 2.17. The van der Waals surface area contributed by atoms with Gasteiger partial charge in [-0.15, -0.1) is 0 Å². The van der Waals surface area contributed by atoms with Crippen LogP contribution in [0.3, 0.4) is 0 Å². The summed E-state index contributed by atoms with van der Waals surface area (Å²) < 4.78 is 0. The maximum absolute atomic E-state index is 5.54. The summed E-state index contributed by atoms with van der Waals surface area (Å²) in [5, 5.41) is 0. The Bertz CT molecular complexity index is 245. The highest BCUT2D eigenvalue weighted by Crippen LogP contribution is 2.13. The zero-order valence-corrected chi connectivity index (χ0v) is 7.75. The summed E-state index contributed by atoms with van der Waals surface area (Å²) in [6, 6.07) is 8.32. The van der Waals surface area contributed by atoms with Crippen LogP contribution in [0.15, 0.2) is 24.3 Å². The van der Waals surface area contributed by atoms with E-state index in [1.807, 2.05) is 12.1 Å². The summed E-state index contributed by atoms with van der Waals surface area (Å²) in [5.74, 6) is 0. The Morgan fingerprint density at radius 2 is 2.17 bits per heavy atom. The van der Waals surface area contributed by atoms with Crippen molar-refractivity contribution < 1.29 is 0 Å². The Labute approximate surface area is 74.0 Å². The lowest BCUT2D eigenvalue weighted by atomic mass is 10.2. The van der Waals surface area contributed by atoms with Gasteiger partial charge in [-0.05, 0) is 24.6 Å². The molecule has 0 radical (unpaired) electrons. The Balaban J connectivity index is 2.86. The highest BCUT2D eigenvalue weighted by atomic mass is 15.1. The molecule has 0 atom stereocenters. The standard InChI is InChI=1S/C10H16N2/c1-3-12(2)10-6-4-5-9(7-10)8-11/h4-7H,3,8,11H2,1-2H3. The number of nitrogens with two attached hydrogens (primary N) is 1. The Kier molecular flexibility index (Phi) is 3.11. The minimum Gasteiger partial charge on any atom is -0.375 e. The van der Waals surface area contributed by atoms with E-state index < -0.39 is 0 Å². The molecule has 1 rings (SSSR count). The molecule has 0 heterocycles. The van der Waals surface area contributed by atoms with Crippen molar-refractivity contribution in [3.63, 3.8) is 0 Å². The predicted octanol–water partition coefficient (Wildman–Crippen LogP) is 1.60. The Morgan fingerprint density at radius 3 is 2.75 bits per heavy atom.